The maximum absolute atomic E-state index is 12.2. The minimum Gasteiger partial charge on any atom is -0.494 e. The van der Waals surface area contributed by atoms with Gasteiger partial charge in [0.25, 0.3) is 5.69 Å². The predicted octanol–water partition coefficient (Wildman–Crippen LogP) is 3.07. The van der Waals surface area contributed by atoms with Gasteiger partial charge in [-0.15, -0.1) is 0 Å². The van der Waals surface area contributed by atoms with Crippen molar-refractivity contribution in [2.75, 3.05) is 25.6 Å². The summed E-state index contributed by atoms with van der Waals surface area (Å²) in [5.74, 6) is -0.577. The Morgan fingerprint density at radius 1 is 1.15 bits per heavy atom. The molecular weight excluding hydrogens is 340 g/mol. The molecule has 0 spiro atoms. The Labute approximate surface area is 149 Å². The van der Waals surface area contributed by atoms with Gasteiger partial charge in [-0.3, -0.25) is 14.9 Å². The van der Waals surface area contributed by atoms with Crippen LogP contribution in [0, 0.1) is 10.1 Å². The second-order valence-corrected chi connectivity index (χ2v) is 5.19. The minimum absolute atomic E-state index is 0.0128. The van der Waals surface area contributed by atoms with E-state index in [1.807, 2.05) is 6.92 Å². The van der Waals surface area contributed by atoms with E-state index in [4.69, 9.17) is 9.47 Å². The van der Waals surface area contributed by atoms with Gasteiger partial charge in [0.15, 0.2) is 12.4 Å². The van der Waals surface area contributed by atoms with Crippen LogP contribution < -0.4 is 10.1 Å². The number of nitrogens with zero attached hydrogens (tertiary/aromatic N) is 1. The van der Waals surface area contributed by atoms with Crippen molar-refractivity contribution in [3.63, 3.8) is 0 Å². The summed E-state index contributed by atoms with van der Waals surface area (Å²) in [6.45, 7) is 1.90. The molecule has 0 aliphatic heterocycles. The molecule has 0 bridgehead atoms. The molecule has 26 heavy (non-hydrogen) atoms. The molecule has 0 amide bonds. The molecule has 2 rings (SSSR count). The van der Waals surface area contributed by atoms with Crippen molar-refractivity contribution in [3.05, 3.63) is 63.7 Å². The molecule has 0 heterocycles. The van der Waals surface area contributed by atoms with Gasteiger partial charge >= 0.3 is 5.97 Å². The summed E-state index contributed by atoms with van der Waals surface area (Å²) < 4.78 is 10.3. The SMILES string of the molecule is CCOc1ccc(C(=O)COC(=O)c2cc([N+](=O)[O-])ccc2NC)cc1. The summed E-state index contributed by atoms with van der Waals surface area (Å²) in [5, 5.41) is 13.6. The second kappa shape index (κ2) is 8.61. The second-order valence-electron chi connectivity index (χ2n) is 5.19. The Hall–Kier alpha value is -3.42. The van der Waals surface area contributed by atoms with E-state index in [9.17, 15) is 19.7 Å². The fraction of sp³-hybridized carbons (Fsp3) is 0.222. The van der Waals surface area contributed by atoms with Gasteiger partial charge in [0.2, 0.25) is 0 Å². The maximum Gasteiger partial charge on any atom is 0.340 e. The molecule has 2 aromatic carbocycles. The number of carbonyl (C=O) groups excluding carboxylic acids is 2. The van der Waals surface area contributed by atoms with Gasteiger partial charge in [-0.1, -0.05) is 0 Å². The number of hydrogen-bond acceptors (Lipinski definition) is 7. The van der Waals surface area contributed by atoms with Crippen LogP contribution in [-0.4, -0.2) is 36.9 Å². The predicted molar refractivity (Wildman–Crippen MR) is 94.9 cm³/mol. The Morgan fingerprint density at radius 2 is 1.85 bits per heavy atom. The normalized spacial score (nSPS) is 10.1. The molecule has 0 saturated heterocycles. The van der Waals surface area contributed by atoms with Crippen LogP contribution in [0.4, 0.5) is 11.4 Å². The zero-order valence-electron chi connectivity index (χ0n) is 14.4. The Morgan fingerprint density at radius 3 is 2.42 bits per heavy atom. The van der Waals surface area contributed by atoms with Crippen molar-refractivity contribution in [2.45, 2.75) is 6.92 Å². The highest BCUT2D eigenvalue weighted by molar-refractivity contribution is 6.01. The summed E-state index contributed by atoms with van der Waals surface area (Å²) in [6, 6.07) is 10.2. The van der Waals surface area contributed by atoms with Gasteiger partial charge in [-0.05, 0) is 37.3 Å². The highest BCUT2D eigenvalue weighted by Gasteiger charge is 2.19. The zero-order valence-corrected chi connectivity index (χ0v) is 14.4. The van der Waals surface area contributed by atoms with Crippen molar-refractivity contribution in [2.24, 2.45) is 0 Å². The standard InChI is InChI=1S/C18H18N2O6/c1-3-25-14-7-4-12(5-8-14)17(21)11-26-18(22)15-10-13(20(23)24)6-9-16(15)19-2/h4-10,19H,3,11H2,1-2H3. The molecular formula is C18H18N2O6. The monoisotopic (exact) mass is 358 g/mol. The number of Topliss-reactive ketones (excluding diaryl/α,β-unsaturated/α-hetero) is 1. The Balaban J connectivity index is 2.07. The lowest BCUT2D eigenvalue weighted by atomic mass is 10.1. The zero-order chi connectivity index (χ0) is 19.1. The van der Waals surface area contributed by atoms with Crippen LogP contribution in [0.2, 0.25) is 0 Å². The van der Waals surface area contributed by atoms with E-state index in [-0.39, 0.29) is 11.3 Å². The van der Waals surface area contributed by atoms with Gasteiger partial charge in [0, 0.05) is 30.4 Å². The summed E-state index contributed by atoms with van der Waals surface area (Å²) in [5.41, 5.74) is 0.484. The lowest BCUT2D eigenvalue weighted by Gasteiger charge is -2.09. The van der Waals surface area contributed by atoms with Gasteiger partial charge in [-0.2, -0.15) is 0 Å². The molecule has 1 N–H and O–H groups in total. The average Bonchev–Trinajstić information content (AvgIpc) is 2.66. The molecule has 0 radical (unpaired) electrons. The molecule has 0 aliphatic carbocycles. The first-order chi connectivity index (χ1) is 12.5. The van der Waals surface area contributed by atoms with Crippen LogP contribution in [0.5, 0.6) is 5.75 Å². The van der Waals surface area contributed by atoms with E-state index in [0.717, 1.165) is 6.07 Å². The summed E-state index contributed by atoms with van der Waals surface area (Å²) in [7, 11) is 1.57. The third-order valence-electron chi connectivity index (χ3n) is 3.52. The molecule has 0 aliphatic rings. The van der Waals surface area contributed by atoms with Gasteiger partial charge in [-0.25, -0.2) is 4.79 Å². The number of non-ortho nitro benzene ring substituents is 1. The quantitative estimate of drug-likeness (QED) is 0.334. The number of anilines is 1. The van der Waals surface area contributed by atoms with Crippen LogP contribution in [0.25, 0.3) is 0 Å². The molecule has 136 valence electrons. The number of nitro benzene ring substituents is 1. The smallest absolute Gasteiger partial charge is 0.340 e. The summed E-state index contributed by atoms with van der Waals surface area (Å²) in [4.78, 5) is 34.6. The fourth-order valence-corrected chi connectivity index (χ4v) is 2.23. The van der Waals surface area contributed by atoms with Crippen molar-refractivity contribution in [1.82, 2.24) is 0 Å². The first kappa shape index (κ1) is 18.9. The van der Waals surface area contributed by atoms with E-state index in [1.54, 1.807) is 31.3 Å². The summed E-state index contributed by atoms with van der Waals surface area (Å²) >= 11 is 0. The summed E-state index contributed by atoms with van der Waals surface area (Å²) in [6.07, 6.45) is 0. The first-order valence-corrected chi connectivity index (χ1v) is 7.85. The molecule has 8 nitrogen and oxygen atoms in total. The topological polar surface area (TPSA) is 108 Å². The fourth-order valence-electron chi connectivity index (χ4n) is 2.23. The van der Waals surface area contributed by atoms with Crippen LogP contribution in [0.15, 0.2) is 42.5 Å². The molecule has 0 saturated carbocycles. The number of esters is 1. The van der Waals surface area contributed by atoms with Crippen LogP contribution in [-0.2, 0) is 4.74 Å². The van der Waals surface area contributed by atoms with Crippen molar-refractivity contribution in [1.29, 1.82) is 0 Å². The molecule has 0 unspecified atom stereocenters. The van der Waals surface area contributed by atoms with Crippen molar-refractivity contribution >= 4 is 23.1 Å². The molecule has 0 fully saturated rings. The number of ketones is 1. The number of nitro groups is 1. The van der Waals surface area contributed by atoms with Crippen molar-refractivity contribution < 1.29 is 24.0 Å². The lowest BCUT2D eigenvalue weighted by Crippen LogP contribution is -2.15. The number of ether oxygens (including phenoxy) is 2. The molecule has 0 atom stereocenters. The largest absolute Gasteiger partial charge is 0.494 e. The number of carbonyl (C=O) groups is 2. The van der Waals surface area contributed by atoms with Crippen LogP contribution in [0.1, 0.15) is 27.6 Å². The van der Waals surface area contributed by atoms with Crippen LogP contribution >= 0.6 is 0 Å². The third kappa shape index (κ3) is 4.56. The lowest BCUT2D eigenvalue weighted by molar-refractivity contribution is -0.384. The van der Waals surface area contributed by atoms with Gasteiger partial charge in [0.1, 0.15) is 5.75 Å². The highest BCUT2D eigenvalue weighted by Crippen LogP contribution is 2.22. The number of rotatable bonds is 8. The Bertz CT molecular complexity index is 817. The number of nitrogens with one attached hydrogen (secondary N) is 1. The van der Waals surface area contributed by atoms with E-state index < -0.39 is 23.3 Å². The van der Waals surface area contributed by atoms with Gasteiger partial charge in [0.05, 0.1) is 17.1 Å². The maximum atomic E-state index is 12.2. The first-order valence-electron chi connectivity index (χ1n) is 7.85. The number of hydrogen-bond donors (Lipinski definition) is 1. The molecule has 8 heteroatoms. The molecule has 0 aromatic heterocycles. The van der Waals surface area contributed by atoms with E-state index in [0.29, 0.717) is 23.6 Å². The van der Waals surface area contributed by atoms with Gasteiger partial charge < -0.3 is 14.8 Å². The van der Waals surface area contributed by atoms with E-state index >= 15 is 0 Å². The minimum atomic E-state index is -0.822. The third-order valence-corrected chi connectivity index (χ3v) is 3.52. The molecule has 2 aromatic rings. The van der Waals surface area contributed by atoms with Crippen LogP contribution in [0.3, 0.4) is 0 Å². The average molecular weight is 358 g/mol. The van der Waals surface area contributed by atoms with Crippen molar-refractivity contribution in [3.8, 4) is 5.75 Å². The Kier molecular flexibility index (Phi) is 6.26. The highest BCUT2D eigenvalue weighted by atomic mass is 16.6. The van der Waals surface area contributed by atoms with E-state index in [1.165, 1.54) is 12.1 Å². The number of benzene rings is 2. The van der Waals surface area contributed by atoms with E-state index in [2.05, 4.69) is 5.32 Å².